The molecule has 0 aliphatic heterocycles. The zero-order chi connectivity index (χ0) is 22.7. The number of thiazole rings is 1. The first kappa shape index (κ1) is 22.2. The van der Waals surface area contributed by atoms with Crippen LogP contribution in [0.15, 0.2) is 24.5 Å². The van der Waals surface area contributed by atoms with Crippen molar-refractivity contribution in [3.05, 3.63) is 46.1 Å². The molecular formula is C20H23N5O5S. The summed E-state index contributed by atoms with van der Waals surface area (Å²) in [6.07, 6.45) is 3.04. The van der Waals surface area contributed by atoms with Gasteiger partial charge < -0.3 is 25.6 Å². The molecule has 164 valence electrons. The second-order valence-corrected chi connectivity index (χ2v) is 7.99. The number of carboxylic acid groups (broad SMARTS) is 1. The van der Waals surface area contributed by atoms with Gasteiger partial charge in [0.1, 0.15) is 10.6 Å². The number of carbonyl (C=O) groups excluding carboxylic acids is 1. The van der Waals surface area contributed by atoms with Gasteiger partial charge in [0.15, 0.2) is 17.0 Å². The van der Waals surface area contributed by atoms with Crippen LogP contribution in [0.5, 0.6) is 5.75 Å². The van der Waals surface area contributed by atoms with Crippen LogP contribution in [0, 0.1) is 20.8 Å². The summed E-state index contributed by atoms with van der Waals surface area (Å²) in [5.74, 6) is -0.868. The van der Waals surface area contributed by atoms with Gasteiger partial charge in [0.25, 0.3) is 5.91 Å². The molecular weight excluding hydrogens is 422 g/mol. The minimum Gasteiger partial charge on any atom is -0.508 e. The molecule has 1 amide bonds. The van der Waals surface area contributed by atoms with Crippen molar-refractivity contribution in [1.82, 2.24) is 14.8 Å². The van der Waals surface area contributed by atoms with Gasteiger partial charge in [-0.15, -0.1) is 0 Å². The fourth-order valence-corrected chi connectivity index (χ4v) is 3.64. The normalized spacial score (nSPS) is 11.9. The summed E-state index contributed by atoms with van der Waals surface area (Å²) < 4.78 is 6.27. The van der Waals surface area contributed by atoms with Crippen LogP contribution in [0.4, 0.5) is 16.6 Å². The smallest absolute Gasteiger partial charge is 0.330 e. The van der Waals surface area contributed by atoms with E-state index in [9.17, 15) is 19.8 Å². The number of aromatic nitrogens is 3. The summed E-state index contributed by atoms with van der Waals surface area (Å²) >= 11 is 1.13. The number of phenolic OH excluding ortho intramolecular Hbond substituents is 1. The molecule has 10 nitrogen and oxygen atoms in total. The van der Waals surface area contributed by atoms with E-state index in [4.69, 9.17) is 4.74 Å². The summed E-state index contributed by atoms with van der Waals surface area (Å²) in [6, 6.07) is 2.36. The maximum absolute atomic E-state index is 12.7. The van der Waals surface area contributed by atoms with E-state index < -0.39 is 12.0 Å². The van der Waals surface area contributed by atoms with Crippen LogP contribution in [0.1, 0.15) is 32.4 Å². The highest BCUT2D eigenvalue weighted by Crippen LogP contribution is 2.30. The first-order valence-electron chi connectivity index (χ1n) is 9.32. The first-order chi connectivity index (χ1) is 14.7. The fourth-order valence-electron chi connectivity index (χ4n) is 2.93. The lowest BCUT2D eigenvalue weighted by Crippen LogP contribution is -2.24. The molecule has 0 radical (unpaired) electrons. The topological polar surface area (TPSA) is 139 Å². The number of phenols is 1. The molecule has 0 spiro atoms. The molecule has 11 heteroatoms. The van der Waals surface area contributed by atoms with Crippen LogP contribution in [-0.2, 0) is 9.53 Å². The predicted octanol–water partition coefficient (Wildman–Crippen LogP) is 3.24. The average molecular weight is 446 g/mol. The zero-order valence-electron chi connectivity index (χ0n) is 17.5. The third-order valence-electron chi connectivity index (χ3n) is 4.68. The number of carbonyl (C=O) groups is 2. The van der Waals surface area contributed by atoms with Gasteiger partial charge in [-0.2, -0.15) is 5.10 Å². The number of ether oxygens (including phenoxy) is 1. The van der Waals surface area contributed by atoms with Crippen molar-refractivity contribution in [2.75, 3.05) is 24.4 Å². The molecule has 0 saturated heterocycles. The van der Waals surface area contributed by atoms with Crippen LogP contribution in [0.2, 0.25) is 0 Å². The first-order valence-corrected chi connectivity index (χ1v) is 10.1. The Kier molecular flexibility index (Phi) is 6.56. The van der Waals surface area contributed by atoms with Gasteiger partial charge in [0, 0.05) is 24.4 Å². The molecule has 1 atom stereocenters. The Morgan fingerprint density at radius 3 is 2.68 bits per heavy atom. The van der Waals surface area contributed by atoms with E-state index in [-0.39, 0.29) is 18.3 Å². The van der Waals surface area contributed by atoms with Crippen molar-refractivity contribution in [3.63, 3.8) is 0 Å². The van der Waals surface area contributed by atoms with E-state index in [0.29, 0.717) is 27.1 Å². The zero-order valence-corrected chi connectivity index (χ0v) is 18.3. The number of nitrogens with one attached hydrogen (secondary N) is 2. The number of aromatic hydroxyl groups is 1. The van der Waals surface area contributed by atoms with Gasteiger partial charge in [0.2, 0.25) is 0 Å². The number of rotatable bonds is 8. The van der Waals surface area contributed by atoms with E-state index >= 15 is 0 Å². The van der Waals surface area contributed by atoms with Crippen molar-refractivity contribution in [2.45, 2.75) is 26.8 Å². The quantitative estimate of drug-likeness (QED) is 0.414. The molecule has 31 heavy (non-hydrogen) atoms. The number of hydrogen-bond acceptors (Lipinski definition) is 8. The SMILES string of the molecule is COCC(C(=O)O)n1cc(C)c(Nc2ncc(C(=O)Nc3c(C)ccc(O)c3C)s2)n1. The number of hydrogen-bond donors (Lipinski definition) is 4. The lowest BCUT2D eigenvalue weighted by atomic mass is 10.1. The van der Waals surface area contributed by atoms with Gasteiger partial charge in [0.05, 0.1) is 18.5 Å². The fraction of sp³-hybridized carbons (Fsp3) is 0.300. The minimum atomic E-state index is -1.05. The van der Waals surface area contributed by atoms with Gasteiger partial charge in [-0.05, 0) is 32.4 Å². The van der Waals surface area contributed by atoms with Gasteiger partial charge in [-0.25, -0.2) is 9.78 Å². The molecule has 0 fully saturated rings. The average Bonchev–Trinajstić information content (AvgIpc) is 3.33. The maximum Gasteiger partial charge on any atom is 0.330 e. The molecule has 4 N–H and O–H groups in total. The van der Waals surface area contributed by atoms with Crippen LogP contribution in [0.3, 0.4) is 0 Å². The number of amides is 1. The van der Waals surface area contributed by atoms with E-state index in [1.165, 1.54) is 18.0 Å². The number of anilines is 3. The van der Waals surface area contributed by atoms with E-state index in [2.05, 4.69) is 20.7 Å². The Hall–Kier alpha value is -3.44. The van der Waals surface area contributed by atoms with Crippen molar-refractivity contribution in [3.8, 4) is 5.75 Å². The van der Waals surface area contributed by atoms with Crippen molar-refractivity contribution < 1.29 is 24.5 Å². The molecule has 0 saturated carbocycles. The van der Waals surface area contributed by atoms with Crippen molar-refractivity contribution in [1.29, 1.82) is 0 Å². The Labute approximate surface area is 182 Å². The summed E-state index contributed by atoms with van der Waals surface area (Å²) in [5.41, 5.74) is 2.69. The number of aryl methyl sites for hydroxylation is 2. The van der Waals surface area contributed by atoms with Crippen LogP contribution in [0.25, 0.3) is 0 Å². The minimum absolute atomic E-state index is 0.0225. The highest BCUT2D eigenvalue weighted by atomic mass is 32.1. The molecule has 3 rings (SSSR count). The third kappa shape index (κ3) is 4.84. The standard InChI is InChI=1S/C20H23N5O5S/c1-10-5-6-14(26)12(3)16(10)22-18(27)15-7-21-20(31-15)23-17-11(2)8-25(24-17)13(9-30-4)19(28)29/h5-8,13,26H,9H2,1-4H3,(H,22,27)(H,28,29)(H,21,23,24). The number of nitrogens with zero attached hydrogens (tertiary/aromatic N) is 3. The number of aliphatic carboxylic acids is 1. The van der Waals surface area contributed by atoms with Gasteiger partial charge in [-0.3, -0.25) is 9.48 Å². The molecule has 0 aliphatic rings. The van der Waals surface area contributed by atoms with E-state index in [1.807, 2.05) is 6.92 Å². The summed E-state index contributed by atoms with van der Waals surface area (Å²) in [4.78, 5) is 28.7. The van der Waals surface area contributed by atoms with Crippen LogP contribution >= 0.6 is 11.3 Å². The molecule has 0 bridgehead atoms. The summed E-state index contributed by atoms with van der Waals surface area (Å²) in [5, 5.41) is 29.8. The number of carboxylic acids is 1. The van der Waals surface area contributed by atoms with Gasteiger partial charge >= 0.3 is 5.97 Å². The lowest BCUT2D eigenvalue weighted by molar-refractivity contribution is -0.142. The highest BCUT2D eigenvalue weighted by Gasteiger charge is 2.22. The van der Waals surface area contributed by atoms with Crippen LogP contribution < -0.4 is 10.6 Å². The monoisotopic (exact) mass is 445 g/mol. The molecule has 2 aromatic heterocycles. The molecule has 1 aromatic carbocycles. The molecule has 0 aliphatic carbocycles. The highest BCUT2D eigenvalue weighted by molar-refractivity contribution is 7.17. The second-order valence-electron chi connectivity index (χ2n) is 6.96. The number of methoxy groups -OCH3 is 1. The Bertz CT molecular complexity index is 1120. The van der Waals surface area contributed by atoms with E-state index in [1.54, 1.807) is 32.2 Å². The van der Waals surface area contributed by atoms with Crippen molar-refractivity contribution >= 4 is 39.9 Å². The summed E-state index contributed by atoms with van der Waals surface area (Å²) in [7, 11) is 1.42. The van der Waals surface area contributed by atoms with Crippen molar-refractivity contribution in [2.24, 2.45) is 0 Å². The Morgan fingerprint density at radius 2 is 2.00 bits per heavy atom. The maximum atomic E-state index is 12.7. The van der Waals surface area contributed by atoms with E-state index in [0.717, 1.165) is 22.5 Å². The third-order valence-corrected chi connectivity index (χ3v) is 5.59. The van der Waals surface area contributed by atoms with Gasteiger partial charge in [-0.1, -0.05) is 17.4 Å². The Balaban J connectivity index is 1.76. The predicted molar refractivity (Wildman–Crippen MR) is 116 cm³/mol. The molecule has 3 aromatic rings. The van der Waals surface area contributed by atoms with Crippen LogP contribution in [-0.4, -0.2) is 50.6 Å². The second kappa shape index (κ2) is 9.14. The lowest BCUT2D eigenvalue weighted by Gasteiger charge is -2.12. The number of benzene rings is 1. The molecule has 2 heterocycles. The summed E-state index contributed by atoms with van der Waals surface area (Å²) in [6.45, 7) is 5.33. The Morgan fingerprint density at radius 1 is 1.26 bits per heavy atom. The largest absolute Gasteiger partial charge is 0.508 e. The molecule has 1 unspecified atom stereocenters.